The molecule has 0 radical (unpaired) electrons. The Morgan fingerprint density at radius 1 is 1.24 bits per heavy atom. The molecule has 1 rings (SSSR count). The molecule has 0 aliphatic rings. The van der Waals surface area contributed by atoms with Crippen LogP contribution in [0.4, 0.5) is 8.78 Å². The van der Waals surface area contributed by atoms with Crippen molar-refractivity contribution in [3.8, 4) is 0 Å². The molecule has 0 unspecified atom stereocenters. The van der Waals surface area contributed by atoms with Crippen LogP contribution in [0.5, 0.6) is 0 Å². The van der Waals surface area contributed by atoms with Crippen molar-refractivity contribution in [1.82, 2.24) is 5.32 Å². The molecule has 0 fully saturated rings. The van der Waals surface area contributed by atoms with Crippen molar-refractivity contribution in [3.63, 3.8) is 0 Å². The molecule has 0 aliphatic carbocycles. The molecular formula is C12H13F2NO2. The first-order valence-corrected chi connectivity index (χ1v) is 5.18. The lowest BCUT2D eigenvalue weighted by Crippen LogP contribution is -2.32. The van der Waals surface area contributed by atoms with Gasteiger partial charge in [-0.3, -0.25) is 9.59 Å². The van der Waals surface area contributed by atoms with Crippen LogP contribution in [0.3, 0.4) is 0 Å². The highest BCUT2D eigenvalue weighted by Gasteiger charge is 2.17. The number of carbonyl (C=O) groups is 2. The number of Topliss-reactive ketones (excluding diaryl/α,β-unsaturated/α-hetero) is 1. The number of carbonyl (C=O) groups excluding carboxylic acids is 2. The van der Waals surface area contributed by atoms with Gasteiger partial charge in [-0.2, -0.15) is 0 Å². The summed E-state index contributed by atoms with van der Waals surface area (Å²) >= 11 is 0. The van der Waals surface area contributed by atoms with Gasteiger partial charge in [-0.1, -0.05) is 19.9 Å². The third kappa shape index (κ3) is 3.34. The Labute approximate surface area is 97.8 Å². The van der Waals surface area contributed by atoms with E-state index in [0.717, 1.165) is 12.1 Å². The average molecular weight is 241 g/mol. The van der Waals surface area contributed by atoms with Crippen molar-refractivity contribution in [2.45, 2.75) is 13.8 Å². The minimum absolute atomic E-state index is 0.199. The number of rotatable bonds is 4. The summed E-state index contributed by atoms with van der Waals surface area (Å²) in [5.74, 6) is -3.25. The Kier molecular flexibility index (Phi) is 4.31. The molecule has 1 aromatic carbocycles. The molecule has 3 nitrogen and oxygen atoms in total. The number of hydrogen-bond acceptors (Lipinski definition) is 2. The Morgan fingerprint density at radius 3 is 2.24 bits per heavy atom. The lowest BCUT2D eigenvalue weighted by atomic mass is 10.1. The van der Waals surface area contributed by atoms with Crippen molar-refractivity contribution >= 4 is 11.7 Å². The number of benzene rings is 1. The quantitative estimate of drug-likeness (QED) is 0.875. The van der Waals surface area contributed by atoms with Gasteiger partial charge in [0.1, 0.15) is 17.2 Å². The molecule has 0 atom stereocenters. The normalized spacial score (nSPS) is 10.4. The second kappa shape index (κ2) is 5.52. The van der Waals surface area contributed by atoms with E-state index in [2.05, 4.69) is 5.32 Å². The van der Waals surface area contributed by atoms with Crippen LogP contribution in [0.2, 0.25) is 0 Å². The standard InChI is InChI=1S/C12H13F2NO2/c1-7(2)10(16)6-15-12(17)11-8(13)4-3-5-9(11)14/h3-5,7H,6H2,1-2H3,(H,15,17). The van der Waals surface area contributed by atoms with Gasteiger partial charge >= 0.3 is 0 Å². The predicted molar refractivity (Wildman–Crippen MR) is 58.5 cm³/mol. The summed E-state index contributed by atoms with van der Waals surface area (Å²) in [6.45, 7) is 3.13. The summed E-state index contributed by atoms with van der Waals surface area (Å²) in [4.78, 5) is 22.7. The Hall–Kier alpha value is -1.78. The molecule has 0 aromatic heterocycles. The second-order valence-electron chi connectivity index (χ2n) is 3.90. The van der Waals surface area contributed by atoms with E-state index in [0.29, 0.717) is 0 Å². The van der Waals surface area contributed by atoms with Gasteiger partial charge in [0.15, 0.2) is 5.78 Å². The monoisotopic (exact) mass is 241 g/mol. The van der Waals surface area contributed by atoms with Crippen LogP contribution in [-0.4, -0.2) is 18.2 Å². The van der Waals surface area contributed by atoms with E-state index in [1.165, 1.54) is 6.07 Å². The summed E-state index contributed by atoms with van der Waals surface area (Å²) in [6, 6.07) is 3.14. The fourth-order valence-electron chi connectivity index (χ4n) is 1.17. The molecule has 92 valence electrons. The minimum atomic E-state index is -0.945. The average Bonchev–Trinajstić information content (AvgIpc) is 2.25. The van der Waals surface area contributed by atoms with Crippen molar-refractivity contribution in [2.75, 3.05) is 6.54 Å². The number of hydrogen-bond donors (Lipinski definition) is 1. The largest absolute Gasteiger partial charge is 0.345 e. The molecule has 1 aromatic rings. The predicted octanol–water partition coefficient (Wildman–Crippen LogP) is 1.92. The third-order valence-electron chi connectivity index (χ3n) is 2.26. The number of nitrogens with one attached hydrogen (secondary N) is 1. The molecular weight excluding hydrogens is 228 g/mol. The maximum Gasteiger partial charge on any atom is 0.257 e. The van der Waals surface area contributed by atoms with Gasteiger partial charge in [0, 0.05) is 5.92 Å². The molecule has 0 aliphatic heterocycles. The van der Waals surface area contributed by atoms with Gasteiger partial charge in [0.2, 0.25) is 0 Å². The van der Waals surface area contributed by atoms with Gasteiger partial charge in [-0.25, -0.2) is 8.78 Å². The maximum absolute atomic E-state index is 13.2. The number of ketones is 1. The fraction of sp³-hybridized carbons (Fsp3) is 0.333. The first-order valence-electron chi connectivity index (χ1n) is 5.18. The van der Waals surface area contributed by atoms with Crippen molar-refractivity contribution in [3.05, 3.63) is 35.4 Å². The molecule has 0 saturated carbocycles. The summed E-state index contributed by atoms with van der Waals surface area (Å²) in [6.07, 6.45) is 0. The SMILES string of the molecule is CC(C)C(=O)CNC(=O)c1c(F)cccc1F. The third-order valence-corrected chi connectivity index (χ3v) is 2.26. The summed E-state index contributed by atoms with van der Waals surface area (Å²) in [5, 5.41) is 2.19. The van der Waals surface area contributed by atoms with Crippen LogP contribution in [0.25, 0.3) is 0 Å². The van der Waals surface area contributed by atoms with Crippen LogP contribution in [0.1, 0.15) is 24.2 Å². The summed E-state index contributed by atoms with van der Waals surface area (Å²) in [5.41, 5.74) is -0.663. The van der Waals surface area contributed by atoms with Crippen LogP contribution >= 0.6 is 0 Å². The lowest BCUT2D eigenvalue weighted by molar-refractivity contribution is -0.120. The van der Waals surface area contributed by atoms with Gasteiger partial charge in [0.05, 0.1) is 6.54 Å². The smallest absolute Gasteiger partial charge is 0.257 e. The van der Waals surface area contributed by atoms with E-state index in [4.69, 9.17) is 0 Å². The van der Waals surface area contributed by atoms with Crippen LogP contribution in [0.15, 0.2) is 18.2 Å². The van der Waals surface area contributed by atoms with E-state index >= 15 is 0 Å². The van der Waals surface area contributed by atoms with Crippen LogP contribution in [0, 0.1) is 17.6 Å². The second-order valence-corrected chi connectivity index (χ2v) is 3.90. The van der Waals surface area contributed by atoms with Crippen molar-refractivity contribution < 1.29 is 18.4 Å². The molecule has 0 saturated heterocycles. The maximum atomic E-state index is 13.2. The fourth-order valence-corrected chi connectivity index (χ4v) is 1.17. The lowest BCUT2D eigenvalue weighted by Gasteiger charge is -2.07. The zero-order valence-electron chi connectivity index (χ0n) is 9.59. The van der Waals surface area contributed by atoms with Crippen LogP contribution in [-0.2, 0) is 4.79 Å². The highest BCUT2D eigenvalue weighted by Crippen LogP contribution is 2.11. The molecule has 17 heavy (non-hydrogen) atoms. The number of amides is 1. The van der Waals surface area contributed by atoms with Crippen molar-refractivity contribution in [1.29, 1.82) is 0 Å². The Balaban J connectivity index is 2.74. The van der Waals surface area contributed by atoms with Crippen LogP contribution < -0.4 is 5.32 Å². The molecule has 5 heteroatoms. The highest BCUT2D eigenvalue weighted by atomic mass is 19.1. The van der Waals surface area contributed by atoms with E-state index in [-0.39, 0.29) is 18.2 Å². The minimum Gasteiger partial charge on any atom is -0.345 e. The van der Waals surface area contributed by atoms with E-state index in [1.54, 1.807) is 13.8 Å². The molecule has 1 amide bonds. The summed E-state index contributed by atoms with van der Waals surface area (Å²) < 4.78 is 26.4. The molecule has 1 N–H and O–H groups in total. The van der Waals surface area contributed by atoms with Gasteiger partial charge in [-0.05, 0) is 12.1 Å². The first kappa shape index (κ1) is 13.3. The summed E-state index contributed by atoms with van der Waals surface area (Å²) in [7, 11) is 0. The zero-order chi connectivity index (χ0) is 13.0. The molecule has 0 heterocycles. The van der Waals surface area contributed by atoms with Crippen molar-refractivity contribution in [2.24, 2.45) is 5.92 Å². The Morgan fingerprint density at radius 2 is 1.76 bits per heavy atom. The highest BCUT2D eigenvalue weighted by molar-refractivity contribution is 5.97. The van der Waals surface area contributed by atoms with E-state index in [1.807, 2.05) is 0 Å². The van der Waals surface area contributed by atoms with E-state index < -0.39 is 23.1 Å². The first-order chi connectivity index (χ1) is 7.93. The van der Waals surface area contributed by atoms with Gasteiger partial charge < -0.3 is 5.32 Å². The number of halogens is 2. The van der Waals surface area contributed by atoms with E-state index in [9.17, 15) is 18.4 Å². The molecule has 0 bridgehead atoms. The zero-order valence-corrected chi connectivity index (χ0v) is 9.59. The molecule has 0 spiro atoms. The van der Waals surface area contributed by atoms with Gasteiger partial charge in [0.25, 0.3) is 5.91 Å². The topological polar surface area (TPSA) is 46.2 Å². The Bertz CT molecular complexity index is 424. The van der Waals surface area contributed by atoms with Gasteiger partial charge in [-0.15, -0.1) is 0 Å².